The van der Waals surface area contributed by atoms with E-state index in [0.29, 0.717) is 18.8 Å². The van der Waals surface area contributed by atoms with Gasteiger partial charge in [-0.25, -0.2) is 19.7 Å². The Bertz CT molecular complexity index is 1170. The third-order valence-corrected chi connectivity index (χ3v) is 6.71. The van der Waals surface area contributed by atoms with Crippen LogP contribution >= 0.6 is 0 Å². The molecule has 0 spiro atoms. The van der Waals surface area contributed by atoms with Gasteiger partial charge in [0.2, 0.25) is 0 Å². The average Bonchev–Trinajstić information content (AvgIpc) is 2.88. The van der Waals surface area contributed by atoms with Gasteiger partial charge >= 0.3 is 5.97 Å². The highest BCUT2D eigenvalue weighted by molar-refractivity contribution is 5.90. The number of ether oxygens (including phenoxy) is 1. The number of aryl methyl sites for hydroxylation is 1. The molecule has 9 nitrogen and oxygen atoms in total. The monoisotopic (exact) mass is 476 g/mol. The van der Waals surface area contributed by atoms with Crippen LogP contribution in [-0.2, 0) is 22.5 Å². The van der Waals surface area contributed by atoms with Crippen molar-refractivity contribution in [3.63, 3.8) is 0 Å². The first kappa shape index (κ1) is 23.4. The lowest BCUT2D eigenvalue weighted by atomic mass is 10.1. The number of anilines is 2. The molecule has 9 heteroatoms. The molecule has 2 aliphatic rings. The Morgan fingerprint density at radius 1 is 1.23 bits per heavy atom. The molecule has 35 heavy (non-hydrogen) atoms. The average molecular weight is 477 g/mol. The van der Waals surface area contributed by atoms with Gasteiger partial charge in [0.1, 0.15) is 24.0 Å². The van der Waals surface area contributed by atoms with Gasteiger partial charge in [0.05, 0.1) is 17.3 Å². The fourth-order valence-electron chi connectivity index (χ4n) is 4.87. The third-order valence-electron chi connectivity index (χ3n) is 6.71. The molecule has 3 N–H and O–H groups in total. The highest BCUT2D eigenvalue weighted by atomic mass is 16.5. The number of piperidine rings is 1. The fourth-order valence-corrected chi connectivity index (χ4v) is 4.87. The maximum absolute atomic E-state index is 11.9. The molecule has 1 fully saturated rings. The van der Waals surface area contributed by atoms with E-state index in [9.17, 15) is 9.90 Å². The molecule has 0 unspecified atom stereocenters. The van der Waals surface area contributed by atoms with Gasteiger partial charge in [0.15, 0.2) is 0 Å². The maximum Gasteiger partial charge on any atom is 0.326 e. The molecule has 0 bridgehead atoms. The predicted octanol–water partition coefficient (Wildman–Crippen LogP) is 3.32. The summed E-state index contributed by atoms with van der Waals surface area (Å²) in [6.07, 6.45) is 6.18. The normalized spacial score (nSPS) is 19.0. The highest BCUT2D eigenvalue weighted by Gasteiger charge is 2.24. The van der Waals surface area contributed by atoms with Crippen molar-refractivity contribution >= 4 is 28.5 Å². The second kappa shape index (κ2) is 11.0. The first-order valence-corrected chi connectivity index (χ1v) is 12.4. The SMILES string of the molecule is O=C(O)[C@@H](CCO[C@@H]1CCCN(Cc2ccc3c(n2)NCCC3)C1)Nc1ncnc2ccccc12. The summed E-state index contributed by atoms with van der Waals surface area (Å²) in [5.41, 5.74) is 3.15. The van der Waals surface area contributed by atoms with Crippen molar-refractivity contribution in [1.29, 1.82) is 0 Å². The lowest BCUT2D eigenvalue weighted by Gasteiger charge is -2.32. The first-order chi connectivity index (χ1) is 17.2. The number of likely N-dealkylation sites (tertiary alicyclic amines) is 1. The standard InChI is InChI=1S/C26H32N6O3/c33-26(34)23(31-25-21-7-1-2-8-22(21)28-17-29-25)11-14-35-20-6-4-13-32(16-20)15-19-10-9-18-5-3-12-27-24(18)30-19/h1-2,7-10,17,20,23H,3-6,11-16H2,(H,27,30)(H,33,34)(H,28,29,31)/t20-,23-/m1/s1. The second-order valence-corrected chi connectivity index (χ2v) is 9.27. The predicted molar refractivity (Wildman–Crippen MR) is 135 cm³/mol. The first-order valence-electron chi connectivity index (χ1n) is 12.4. The largest absolute Gasteiger partial charge is 0.480 e. The topological polar surface area (TPSA) is 112 Å². The Hall–Kier alpha value is -3.30. The summed E-state index contributed by atoms with van der Waals surface area (Å²) in [7, 11) is 0. The molecule has 0 saturated carbocycles. The summed E-state index contributed by atoms with van der Waals surface area (Å²) in [5.74, 6) is 0.634. The molecule has 184 valence electrons. The Morgan fingerprint density at radius 3 is 3.06 bits per heavy atom. The van der Waals surface area contributed by atoms with Crippen LogP contribution in [-0.4, -0.2) is 69.3 Å². The maximum atomic E-state index is 11.9. The minimum absolute atomic E-state index is 0.0915. The van der Waals surface area contributed by atoms with Crippen molar-refractivity contribution in [3.05, 3.63) is 54.0 Å². The van der Waals surface area contributed by atoms with E-state index < -0.39 is 12.0 Å². The molecule has 2 aliphatic heterocycles. The van der Waals surface area contributed by atoms with Crippen LogP contribution in [0.25, 0.3) is 10.9 Å². The van der Waals surface area contributed by atoms with E-state index >= 15 is 0 Å². The Labute approximate surface area is 204 Å². The smallest absolute Gasteiger partial charge is 0.326 e. The zero-order valence-electron chi connectivity index (χ0n) is 19.8. The van der Waals surface area contributed by atoms with Gasteiger partial charge in [-0.2, -0.15) is 0 Å². The van der Waals surface area contributed by atoms with Crippen LogP contribution in [0.3, 0.4) is 0 Å². The number of hydrogen-bond donors (Lipinski definition) is 3. The van der Waals surface area contributed by atoms with Gasteiger partial charge in [0.25, 0.3) is 0 Å². The van der Waals surface area contributed by atoms with Crippen molar-refractivity contribution in [2.75, 3.05) is 36.9 Å². The van der Waals surface area contributed by atoms with Gasteiger partial charge in [-0.1, -0.05) is 18.2 Å². The molecule has 4 heterocycles. The summed E-state index contributed by atoms with van der Waals surface area (Å²) in [4.78, 5) is 27.6. The van der Waals surface area contributed by atoms with Gasteiger partial charge in [-0.05, 0) is 56.0 Å². The number of rotatable bonds is 9. The highest BCUT2D eigenvalue weighted by Crippen LogP contribution is 2.23. The van der Waals surface area contributed by atoms with E-state index in [4.69, 9.17) is 9.72 Å². The lowest BCUT2D eigenvalue weighted by molar-refractivity contribution is -0.138. The summed E-state index contributed by atoms with van der Waals surface area (Å²) in [6.45, 7) is 4.00. The molecule has 1 aromatic carbocycles. The number of para-hydroxylation sites is 1. The molecule has 2 atom stereocenters. The number of pyridine rings is 1. The zero-order chi connectivity index (χ0) is 24.0. The summed E-state index contributed by atoms with van der Waals surface area (Å²) in [5, 5.41) is 17.0. The molecular formula is C26H32N6O3. The Morgan fingerprint density at radius 2 is 2.14 bits per heavy atom. The van der Waals surface area contributed by atoms with Crippen LogP contribution in [0.4, 0.5) is 11.6 Å². The molecule has 3 aromatic rings. The van der Waals surface area contributed by atoms with E-state index in [1.807, 2.05) is 24.3 Å². The molecular weight excluding hydrogens is 444 g/mol. The number of aliphatic carboxylic acids is 1. The number of aromatic nitrogens is 3. The second-order valence-electron chi connectivity index (χ2n) is 9.27. The molecule has 0 radical (unpaired) electrons. The number of carboxylic acids is 1. The summed E-state index contributed by atoms with van der Waals surface area (Å²) in [6, 6.07) is 11.1. The minimum Gasteiger partial charge on any atom is -0.480 e. The Kier molecular flexibility index (Phi) is 7.34. The number of fused-ring (bicyclic) bond motifs is 2. The molecule has 0 amide bonds. The fraction of sp³-hybridized carbons (Fsp3) is 0.462. The van der Waals surface area contributed by atoms with Crippen molar-refractivity contribution in [2.45, 2.75) is 50.8 Å². The number of nitrogens with one attached hydrogen (secondary N) is 2. The van der Waals surface area contributed by atoms with E-state index in [-0.39, 0.29) is 6.10 Å². The molecule has 2 aromatic heterocycles. The van der Waals surface area contributed by atoms with Crippen LogP contribution in [0, 0.1) is 0 Å². The number of hydrogen-bond acceptors (Lipinski definition) is 8. The van der Waals surface area contributed by atoms with Gasteiger partial charge in [0, 0.05) is 38.0 Å². The zero-order valence-corrected chi connectivity index (χ0v) is 19.8. The Balaban J connectivity index is 1.13. The van der Waals surface area contributed by atoms with Crippen LogP contribution in [0.2, 0.25) is 0 Å². The number of carboxylic acid groups (broad SMARTS) is 1. The number of benzene rings is 1. The van der Waals surface area contributed by atoms with Crippen molar-refractivity contribution in [3.8, 4) is 0 Å². The third kappa shape index (κ3) is 5.86. The van der Waals surface area contributed by atoms with Gasteiger partial charge < -0.3 is 20.5 Å². The van der Waals surface area contributed by atoms with Crippen LogP contribution in [0.5, 0.6) is 0 Å². The summed E-state index contributed by atoms with van der Waals surface area (Å²) < 4.78 is 6.14. The van der Waals surface area contributed by atoms with E-state index in [0.717, 1.165) is 74.3 Å². The molecule has 1 saturated heterocycles. The van der Waals surface area contributed by atoms with Gasteiger partial charge in [-0.3, -0.25) is 4.90 Å². The molecule has 0 aliphatic carbocycles. The van der Waals surface area contributed by atoms with Crippen molar-refractivity contribution < 1.29 is 14.6 Å². The van der Waals surface area contributed by atoms with E-state index in [2.05, 4.69) is 37.6 Å². The van der Waals surface area contributed by atoms with Crippen molar-refractivity contribution in [2.24, 2.45) is 0 Å². The number of nitrogens with zero attached hydrogens (tertiary/aromatic N) is 4. The van der Waals surface area contributed by atoms with E-state index in [1.54, 1.807) is 0 Å². The summed E-state index contributed by atoms with van der Waals surface area (Å²) >= 11 is 0. The van der Waals surface area contributed by atoms with Crippen LogP contribution in [0.15, 0.2) is 42.7 Å². The van der Waals surface area contributed by atoms with Gasteiger partial charge in [-0.15, -0.1) is 0 Å². The van der Waals surface area contributed by atoms with Crippen molar-refractivity contribution in [1.82, 2.24) is 19.9 Å². The van der Waals surface area contributed by atoms with E-state index in [1.165, 1.54) is 11.9 Å². The minimum atomic E-state index is -0.923. The lowest BCUT2D eigenvalue weighted by Crippen LogP contribution is -2.40. The quantitative estimate of drug-likeness (QED) is 0.428. The number of carbonyl (C=O) groups is 1. The van der Waals surface area contributed by atoms with Crippen LogP contribution in [0.1, 0.15) is 36.9 Å². The van der Waals surface area contributed by atoms with Crippen LogP contribution < -0.4 is 10.6 Å². The molecule has 5 rings (SSSR count).